The van der Waals surface area contributed by atoms with Gasteiger partial charge in [-0.25, -0.2) is 0 Å². The number of rotatable bonds is 11. The molecule has 154 valence electrons. The van der Waals surface area contributed by atoms with Crippen LogP contribution in [0.2, 0.25) is 0 Å². The van der Waals surface area contributed by atoms with Crippen LogP contribution in [0, 0.1) is 6.92 Å². The Bertz CT molecular complexity index is 734. The molecular formula is C23H34N2O3. The van der Waals surface area contributed by atoms with Gasteiger partial charge in [-0.2, -0.15) is 0 Å². The van der Waals surface area contributed by atoms with Crippen LogP contribution in [0.1, 0.15) is 30.5 Å². The smallest absolute Gasteiger partial charge is 0.161 e. The molecule has 0 spiro atoms. The standard InChI is InChI=1S/C23H34N2O3/c1-17(2)25(4)15-21(26)16-28-23-12-19(10-11-22(23)27-5)13-24-14-20-9-7-6-8-18(20)3/h6-12,17,21,24,26H,13-16H2,1-5H3. The number of ether oxygens (including phenoxy) is 2. The Kier molecular flexibility index (Phi) is 8.77. The summed E-state index contributed by atoms with van der Waals surface area (Å²) >= 11 is 0. The Morgan fingerprint density at radius 3 is 2.50 bits per heavy atom. The highest BCUT2D eigenvalue weighted by Crippen LogP contribution is 2.28. The van der Waals surface area contributed by atoms with Crippen LogP contribution in [0.15, 0.2) is 42.5 Å². The molecule has 28 heavy (non-hydrogen) atoms. The maximum atomic E-state index is 10.2. The number of hydrogen-bond acceptors (Lipinski definition) is 5. The summed E-state index contributed by atoms with van der Waals surface area (Å²) in [7, 11) is 3.62. The molecule has 0 aromatic heterocycles. The lowest BCUT2D eigenvalue weighted by Gasteiger charge is -2.24. The molecule has 0 heterocycles. The van der Waals surface area contributed by atoms with Crippen molar-refractivity contribution < 1.29 is 14.6 Å². The maximum Gasteiger partial charge on any atom is 0.161 e. The first-order valence-corrected chi connectivity index (χ1v) is 9.84. The molecule has 0 fully saturated rings. The highest BCUT2D eigenvalue weighted by atomic mass is 16.5. The Balaban J connectivity index is 1.92. The molecule has 2 aromatic rings. The fourth-order valence-corrected chi connectivity index (χ4v) is 2.88. The molecule has 0 saturated heterocycles. The van der Waals surface area contributed by atoms with Gasteiger partial charge in [0.25, 0.3) is 0 Å². The quantitative estimate of drug-likeness (QED) is 0.620. The number of likely N-dealkylation sites (N-methyl/N-ethyl adjacent to an activating group) is 1. The molecular weight excluding hydrogens is 352 g/mol. The zero-order valence-corrected chi connectivity index (χ0v) is 17.7. The van der Waals surface area contributed by atoms with Crippen LogP contribution in [0.4, 0.5) is 0 Å². The molecule has 2 N–H and O–H groups in total. The van der Waals surface area contributed by atoms with E-state index in [9.17, 15) is 5.11 Å². The van der Waals surface area contributed by atoms with Gasteiger partial charge in [-0.05, 0) is 56.6 Å². The molecule has 2 aromatic carbocycles. The number of aryl methyl sites for hydroxylation is 1. The highest BCUT2D eigenvalue weighted by molar-refractivity contribution is 5.43. The zero-order valence-electron chi connectivity index (χ0n) is 17.7. The first-order chi connectivity index (χ1) is 13.4. The molecule has 0 aliphatic carbocycles. The SMILES string of the molecule is COc1ccc(CNCc2ccccc2C)cc1OCC(O)CN(C)C(C)C. The lowest BCUT2D eigenvalue weighted by molar-refractivity contribution is 0.0668. The van der Waals surface area contributed by atoms with Gasteiger partial charge in [-0.15, -0.1) is 0 Å². The summed E-state index contributed by atoms with van der Waals surface area (Å²) in [5.74, 6) is 1.33. The Morgan fingerprint density at radius 2 is 1.82 bits per heavy atom. The molecule has 0 radical (unpaired) electrons. The van der Waals surface area contributed by atoms with Crippen molar-refractivity contribution in [2.75, 3.05) is 27.3 Å². The molecule has 0 saturated carbocycles. The van der Waals surface area contributed by atoms with Crippen molar-refractivity contribution in [1.82, 2.24) is 10.2 Å². The summed E-state index contributed by atoms with van der Waals surface area (Å²) in [5, 5.41) is 13.7. The van der Waals surface area contributed by atoms with Gasteiger partial charge in [0.2, 0.25) is 0 Å². The van der Waals surface area contributed by atoms with Crippen LogP contribution in [0.25, 0.3) is 0 Å². The second-order valence-electron chi connectivity index (χ2n) is 7.51. The average Bonchev–Trinajstić information content (AvgIpc) is 2.68. The molecule has 0 aliphatic rings. The van der Waals surface area contributed by atoms with E-state index in [2.05, 4.69) is 55.3 Å². The van der Waals surface area contributed by atoms with E-state index in [1.165, 1.54) is 11.1 Å². The molecule has 1 atom stereocenters. The second-order valence-corrected chi connectivity index (χ2v) is 7.51. The molecule has 0 amide bonds. The van der Waals surface area contributed by atoms with Crippen LogP contribution < -0.4 is 14.8 Å². The van der Waals surface area contributed by atoms with Gasteiger partial charge in [0, 0.05) is 25.7 Å². The largest absolute Gasteiger partial charge is 0.493 e. The summed E-state index contributed by atoms with van der Waals surface area (Å²) < 4.78 is 11.3. The predicted octanol–water partition coefficient (Wildman–Crippen LogP) is 3.37. The molecule has 5 heteroatoms. The van der Waals surface area contributed by atoms with E-state index < -0.39 is 6.10 Å². The normalized spacial score (nSPS) is 12.4. The van der Waals surface area contributed by atoms with E-state index in [0.717, 1.165) is 18.7 Å². The van der Waals surface area contributed by atoms with Crippen molar-refractivity contribution in [2.45, 2.75) is 46.0 Å². The summed E-state index contributed by atoms with van der Waals surface area (Å²) in [6, 6.07) is 14.7. The number of benzene rings is 2. The number of nitrogens with one attached hydrogen (secondary N) is 1. The van der Waals surface area contributed by atoms with Crippen LogP contribution in [-0.2, 0) is 13.1 Å². The topological polar surface area (TPSA) is 54.0 Å². The van der Waals surface area contributed by atoms with E-state index in [-0.39, 0.29) is 6.61 Å². The fraction of sp³-hybridized carbons (Fsp3) is 0.478. The van der Waals surface area contributed by atoms with Crippen molar-refractivity contribution in [3.63, 3.8) is 0 Å². The minimum Gasteiger partial charge on any atom is -0.493 e. The Morgan fingerprint density at radius 1 is 1.07 bits per heavy atom. The second kappa shape index (κ2) is 11.1. The summed E-state index contributed by atoms with van der Waals surface area (Å²) in [6.07, 6.45) is -0.556. The van der Waals surface area contributed by atoms with Gasteiger partial charge in [0.15, 0.2) is 11.5 Å². The Hall–Kier alpha value is -2.08. The third-order valence-electron chi connectivity index (χ3n) is 4.95. The maximum absolute atomic E-state index is 10.2. The van der Waals surface area contributed by atoms with Crippen LogP contribution in [0.3, 0.4) is 0 Å². The van der Waals surface area contributed by atoms with Gasteiger partial charge in [-0.3, -0.25) is 0 Å². The minimum absolute atomic E-state index is 0.230. The van der Waals surface area contributed by atoms with Crippen LogP contribution >= 0.6 is 0 Å². The molecule has 1 unspecified atom stereocenters. The Labute approximate surface area is 169 Å². The first kappa shape index (κ1) is 22.2. The lowest BCUT2D eigenvalue weighted by atomic mass is 10.1. The van der Waals surface area contributed by atoms with E-state index in [0.29, 0.717) is 24.1 Å². The first-order valence-electron chi connectivity index (χ1n) is 9.84. The van der Waals surface area contributed by atoms with Gasteiger partial charge in [-0.1, -0.05) is 30.3 Å². The fourth-order valence-electron chi connectivity index (χ4n) is 2.88. The summed E-state index contributed by atoms with van der Waals surface area (Å²) in [5.41, 5.74) is 3.69. The van der Waals surface area contributed by atoms with Gasteiger partial charge >= 0.3 is 0 Å². The molecule has 0 bridgehead atoms. The minimum atomic E-state index is -0.556. The van der Waals surface area contributed by atoms with Gasteiger partial charge in [0.05, 0.1) is 7.11 Å². The third kappa shape index (κ3) is 6.82. The number of hydrogen-bond donors (Lipinski definition) is 2. The van der Waals surface area contributed by atoms with E-state index in [1.54, 1.807) is 7.11 Å². The summed E-state index contributed by atoms with van der Waals surface area (Å²) in [6.45, 7) is 8.67. The van der Waals surface area contributed by atoms with E-state index in [4.69, 9.17) is 9.47 Å². The van der Waals surface area contributed by atoms with Crippen molar-refractivity contribution in [2.24, 2.45) is 0 Å². The van der Waals surface area contributed by atoms with Gasteiger partial charge in [0.1, 0.15) is 12.7 Å². The summed E-state index contributed by atoms with van der Waals surface area (Å²) in [4.78, 5) is 2.09. The predicted molar refractivity (Wildman–Crippen MR) is 114 cm³/mol. The van der Waals surface area contributed by atoms with Crippen LogP contribution in [0.5, 0.6) is 11.5 Å². The van der Waals surface area contributed by atoms with Crippen molar-refractivity contribution >= 4 is 0 Å². The van der Waals surface area contributed by atoms with Gasteiger partial charge < -0.3 is 24.8 Å². The number of aliphatic hydroxyl groups excluding tert-OH is 1. The average molecular weight is 387 g/mol. The molecule has 2 rings (SSSR count). The number of methoxy groups -OCH3 is 1. The van der Waals surface area contributed by atoms with Crippen molar-refractivity contribution in [3.05, 3.63) is 59.2 Å². The number of aliphatic hydroxyl groups is 1. The molecule has 0 aliphatic heterocycles. The highest BCUT2D eigenvalue weighted by Gasteiger charge is 2.13. The number of nitrogens with zero attached hydrogens (tertiary/aromatic N) is 1. The van der Waals surface area contributed by atoms with Crippen molar-refractivity contribution in [1.29, 1.82) is 0 Å². The van der Waals surface area contributed by atoms with E-state index in [1.807, 2.05) is 25.2 Å². The van der Waals surface area contributed by atoms with Crippen molar-refractivity contribution in [3.8, 4) is 11.5 Å². The zero-order chi connectivity index (χ0) is 20.5. The van der Waals surface area contributed by atoms with Crippen LogP contribution in [-0.4, -0.2) is 49.5 Å². The molecule has 5 nitrogen and oxygen atoms in total. The van der Waals surface area contributed by atoms with E-state index >= 15 is 0 Å². The monoisotopic (exact) mass is 386 g/mol. The third-order valence-corrected chi connectivity index (χ3v) is 4.95. The lowest BCUT2D eigenvalue weighted by Crippen LogP contribution is -2.37.